The topological polar surface area (TPSA) is 104 Å². The minimum absolute atomic E-state index is 0.000637. The number of carbonyl (C=O) groups excluding carboxylic acids is 1. The summed E-state index contributed by atoms with van der Waals surface area (Å²) in [5.41, 5.74) is 4.96. The molecule has 1 aliphatic heterocycles. The van der Waals surface area contributed by atoms with Crippen LogP contribution in [0.15, 0.2) is 41.5 Å². The summed E-state index contributed by atoms with van der Waals surface area (Å²) < 4.78 is 29.5. The van der Waals surface area contributed by atoms with Gasteiger partial charge in [0, 0.05) is 22.7 Å². The highest BCUT2D eigenvalue weighted by molar-refractivity contribution is 8.14. The number of nitrogens with two attached hydrogens (primary N) is 1. The number of amides is 1. The van der Waals surface area contributed by atoms with Crippen molar-refractivity contribution in [1.29, 1.82) is 5.26 Å². The van der Waals surface area contributed by atoms with Crippen molar-refractivity contribution in [1.82, 2.24) is 4.98 Å². The van der Waals surface area contributed by atoms with Crippen LogP contribution in [-0.4, -0.2) is 27.5 Å². The maximum absolute atomic E-state index is 14.9. The fourth-order valence-corrected chi connectivity index (χ4v) is 4.02. The van der Waals surface area contributed by atoms with Crippen molar-refractivity contribution in [2.24, 2.45) is 10.7 Å². The van der Waals surface area contributed by atoms with Gasteiger partial charge in [0.05, 0.1) is 5.56 Å². The second-order valence-corrected chi connectivity index (χ2v) is 7.91. The first-order valence-electron chi connectivity index (χ1n) is 8.38. The van der Waals surface area contributed by atoms with Crippen molar-refractivity contribution in [3.63, 3.8) is 0 Å². The molecule has 144 valence electrons. The number of carbonyl (C=O) groups is 1. The molecule has 28 heavy (non-hydrogen) atoms. The minimum atomic E-state index is -1.51. The Morgan fingerprint density at radius 1 is 1.39 bits per heavy atom. The number of pyridine rings is 1. The number of anilines is 1. The predicted molar refractivity (Wildman–Crippen MR) is 104 cm³/mol. The summed E-state index contributed by atoms with van der Waals surface area (Å²) in [5, 5.41) is 11.1. The van der Waals surface area contributed by atoms with Crippen LogP contribution in [0.25, 0.3) is 0 Å². The van der Waals surface area contributed by atoms with Gasteiger partial charge in [-0.25, -0.2) is 18.8 Å². The number of hydrogen-bond donors (Lipinski definition) is 2. The number of hydrogen-bond acceptors (Lipinski definition) is 6. The zero-order chi connectivity index (χ0) is 20.5. The molecule has 1 aliphatic rings. The Morgan fingerprint density at radius 2 is 2.14 bits per heavy atom. The highest BCUT2D eigenvalue weighted by atomic mass is 32.2. The number of aliphatic imine (C=N–C) groups is 1. The molecule has 0 bridgehead atoms. The summed E-state index contributed by atoms with van der Waals surface area (Å²) in [5.74, 6) is -1.19. The van der Waals surface area contributed by atoms with Crippen LogP contribution in [0.5, 0.6) is 0 Å². The van der Waals surface area contributed by atoms with Crippen molar-refractivity contribution in [2.45, 2.75) is 30.8 Å². The molecule has 0 saturated heterocycles. The molecule has 2 aromatic rings. The summed E-state index contributed by atoms with van der Waals surface area (Å²) in [7, 11) is 0. The van der Waals surface area contributed by atoms with Gasteiger partial charge in [-0.15, -0.1) is 0 Å². The van der Waals surface area contributed by atoms with Gasteiger partial charge < -0.3 is 11.1 Å². The molecule has 3 atom stereocenters. The SMILES string of the molecule is C[C@@H]1SC(N)=N[C@](C)(c2cc(NC(=O)c3ccc(C#N)cn3)ccc2F)[C@@H]1F. The molecule has 1 aromatic carbocycles. The Hall–Kier alpha value is -2.99. The van der Waals surface area contributed by atoms with Crippen LogP contribution < -0.4 is 11.1 Å². The van der Waals surface area contributed by atoms with Gasteiger partial charge in [0.15, 0.2) is 5.17 Å². The Balaban J connectivity index is 1.92. The number of rotatable bonds is 3. The Kier molecular flexibility index (Phi) is 5.34. The molecule has 1 aromatic heterocycles. The van der Waals surface area contributed by atoms with Gasteiger partial charge in [0.1, 0.15) is 29.3 Å². The van der Waals surface area contributed by atoms with Crippen LogP contribution >= 0.6 is 11.8 Å². The number of aromatic nitrogens is 1. The molecular weight excluding hydrogens is 384 g/mol. The second-order valence-electron chi connectivity index (χ2n) is 6.51. The molecule has 0 fully saturated rings. The van der Waals surface area contributed by atoms with E-state index in [4.69, 9.17) is 11.0 Å². The van der Waals surface area contributed by atoms with Crippen molar-refractivity contribution in [3.8, 4) is 6.07 Å². The first-order valence-corrected chi connectivity index (χ1v) is 9.26. The Morgan fingerprint density at radius 3 is 2.79 bits per heavy atom. The quantitative estimate of drug-likeness (QED) is 0.821. The molecule has 0 unspecified atom stereocenters. The maximum atomic E-state index is 14.9. The van der Waals surface area contributed by atoms with Crippen LogP contribution in [0, 0.1) is 17.1 Å². The lowest BCUT2D eigenvalue weighted by Gasteiger charge is -2.37. The summed E-state index contributed by atoms with van der Waals surface area (Å²) in [4.78, 5) is 20.4. The number of nitrogens with one attached hydrogen (secondary N) is 1. The molecule has 3 N–H and O–H groups in total. The van der Waals surface area contributed by atoms with E-state index in [0.717, 1.165) is 17.8 Å². The van der Waals surface area contributed by atoms with Crippen LogP contribution in [0.1, 0.15) is 35.5 Å². The normalized spacial score (nSPS) is 24.2. The molecule has 0 saturated carbocycles. The zero-order valence-corrected chi connectivity index (χ0v) is 15.9. The molecular formula is C19H17F2N5OS. The molecule has 2 heterocycles. The van der Waals surface area contributed by atoms with E-state index in [1.807, 2.05) is 6.07 Å². The van der Waals surface area contributed by atoms with E-state index in [-0.39, 0.29) is 22.1 Å². The van der Waals surface area contributed by atoms with Crippen LogP contribution in [0.3, 0.4) is 0 Å². The van der Waals surface area contributed by atoms with Gasteiger partial charge in [0.2, 0.25) is 0 Å². The van der Waals surface area contributed by atoms with Crippen molar-refractivity contribution < 1.29 is 13.6 Å². The molecule has 9 heteroatoms. The van der Waals surface area contributed by atoms with Crippen molar-refractivity contribution in [2.75, 3.05) is 5.32 Å². The lowest BCUT2D eigenvalue weighted by atomic mass is 9.85. The third-order valence-electron chi connectivity index (χ3n) is 4.49. The fraction of sp³-hybridized carbons (Fsp3) is 0.263. The third-order valence-corrected chi connectivity index (χ3v) is 5.44. The number of alkyl halides is 1. The average Bonchev–Trinajstić information content (AvgIpc) is 2.67. The number of amidine groups is 1. The van der Waals surface area contributed by atoms with E-state index in [2.05, 4.69) is 15.3 Å². The van der Waals surface area contributed by atoms with Gasteiger partial charge in [-0.05, 0) is 44.2 Å². The summed E-state index contributed by atoms with van der Waals surface area (Å²) in [6.07, 6.45) is -0.191. The average molecular weight is 401 g/mol. The van der Waals surface area contributed by atoms with Crippen LogP contribution in [0.2, 0.25) is 0 Å². The Labute approximate surface area is 164 Å². The summed E-state index contributed by atoms with van der Waals surface area (Å²) in [6.45, 7) is 3.14. The van der Waals surface area contributed by atoms with E-state index < -0.39 is 28.7 Å². The van der Waals surface area contributed by atoms with Crippen molar-refractivity contribution >= 4 is 28.5 Å². The summed E-state index contributed by atoms with van der Waals surface area (Å²) in [6, 6.07) is 8.64. The van der Waals surface area contributed by atoms with E-state index in [0.29, 0.717) is 5.56 Å². The largest absolute Gasteiger partial charge is 0.379 e. The Bertz CT molecular complexity index is 989. The smallest absolute Gasteiger partial charge is 0.274 e. The summed E-state index contributed by atoms with van der Waals surface area (Å²) >= 11 is 1.10. The van der Waals surface area contributed by atoms with Crippen LogP contribution in [0.4, 0.5) is 14.5 Å². The highest BCUT2D eigenvalue weighted by Gasteiger charge is 2.45. The van der Waals surface area contributed by atoms with Gasteiger partial charge in [-0.3, -0.25) is 4.79 Å². The number of benzene rings is 1. The first-order chi connectivity index (χ1) is 13.2. The fourth-order valence-electron chi connectivity index (χ4n) is 3.01. The van der Waals surface area contributed by atoms with Gasteiger partial charge in [0.25, 0.3) is 5.91 Å². The molecule has 3 rings (SSSR count). The van der Waals surface area contributed by atoms with Gasteiger partial charge in [-0.2, -0.15) is 5.26 Å². The third kappa shape index (κ3) is 3.68. The van der Waals surface area contributed by atoms with Gasteiger partial charge in [-0.1, -0.05) is 11.8 Å². The number of nitrogens with zero attached hydrogens (tertiary/aromatic N) is 3. The second kappa shape index (κ2) is 7.56. The first kappa shape index (κ1) is 19.8. The molecule has 0 spiro atoms. The highest BCUT2D eigenvalue weighted by Crippen LogP contribution is 2.42. The van der Waals surface area contributed by atoms with E-state index in [9.17, 15) is 13.6 Å². The van der Waals surface area contributed by atoms with E-state index >= 15 is 0 Å². The van der Waals surface area contributed by atoms with Crippen LogP contribution in [-0.2, 0) is 5.54 Å². The molecule has 0 aliphatic carbocycles. The van der Waals surface area contributed by atoms with Gasteiger partial charge >= 0.3 is 0 Å². The number of halogens is 2. The zero-order valence-electron chi connectivity index (χ0n) is 15.1. The lowest BCUT2D eigenvalue weighted by molar-refractivity contribution is 0.102. The van der Waals surface area contributed by atoms with Crippen molar-refractivity contribution in [3.05, 3.63) is 59.2 Å². The number of nitriles is 1. The molecule has 0 radical (unpaired) electrons. The molecule has 1 amide bonds. The number of thioether (sulfide) groups is 1. The lowest BCUT2D eigenvalue weighted by Crippen LogP contribution is -2.44. The predicted octanol–water partition coefficient (Wildman–Crippen LogP) is 3.35. The van der Waals surface area contributed by atoms with E-state index in [1.165, 1.54) is 37.4 Å². The maximum Gasteiger partial charge on any atom is 0.274 e. The van der Waals surface area contributed by atoms with E-state index in [1.54, 1.807) is 6.92 Å². The monoisotopic (exact) mass is 401 g/mol. The molecule has 6 nitrogen and oxygen atoms in total. The minimum Gasteiger partial charge on any atom is -0.379 e. The standard InChI is InChI=1S/C19H17F2N5OS/c1-10-16(21)19(2,26-18(23)28-10)13-7-12(4-5-14(13)20)25-17(27)15-6-3-11(8-22)9-24-15/h3-7,9-10,16H,1-2H3,(H2,23,26)(H,25,27)/t10-,16+,19+/m0/s1.